The Labute approximate surface area is 142 Å². The Hall–Kier alpha value is -1.40. The summed E-state index contributed by atoms with van der Waals surface area (Å²) in [5, 5.41) is 0.645. The second-order valence-corrected chi connectivity index (χ2v) is 8.21. The van der Waals surface area contributed by atoms with Crippen molar-refractivity contribution in [2.45, 2.75) is 19.5 Å². The molecule has 0 amide bonds. The normalized spacial score (nSPS) is 15.6. The van der Waals surface area contributed by atoms with E-state index in [1.165, 1.54) is 9.87 Å². The van der Waals surface area contributed by atoms with E-state index in [9.17, 15) is 8.42 Å². The summed E-state index contributed by atoms with van der Waals surface area (Å²) in [6.07, 6.45) is 0.754. The molecule has 4 nitrogen and oxygen atoms in total. The Morgan fingerprint density at radius 2 is 1.74 bits per heavy atom. The molecule has 0 N–H and O–H groups in total. The summed E-state index contributed by atoms with van der Waals surface area (Å²) in [6, 6.07) is 15.2. The lowest BCUT2D eigenvalue weighted by atomic mass is 10.0. The summed E-state index contributed by atoms with van der Waals surface area (Å²) in [5.74, 6) is 0. The van der Waals surface area contributed by atoms with Crippen molar-refractivity contribution in [3.05, 3.63) is 70.2 Å². The van der Waals surface area contributed by atoms with Gasteiger partial charge in [0.25, 0.3) is 10.2 Å². The van der Waals surface area contributed by atoms with E-state index in [4.69, 9.17) is 11.6 Å². The number of hydrogen-bond acceptors (Lipinski definition) is 2. The zero-order valence-electron chi connectivity index (χ0n) is 12.9. The van der Waals surface area contributed by atoms with Gasteiger partial charge in [-0.3, -0.25) is 0 Å². The average molecular weight is 351 g/mol. The van der Waals surface area contributed by atoms with Crippen molar-refractivity contribution in [2.24, 2.45) is 0 Å². The molecule has 2 aromatic rings. The van der Waals surface area contributed by atoms with Crippen LogP contribution in [0.4, 0.5) is 0 Å². The van der Waals surface area contributed by atoms with Gasteiger partial charge in [-0.05, 0) is 35.2 Å². The highest BCUT2D eigenvalue weighted by Gasteiger charge is 2.30. The molecule has 1 heterocycles. The fourth-order valence-corrected chi connectivity index (χ4v) is 4.25. The molecule has 0 bridgehead atoms. The first-order valence-corrected chi connectivity index (χ1v) is 9.27. The minimum absolute atomic E-state index is 0.331. The van der Waals surface area contributed by atoms with Crippen molar-refractivity contribution < 1.29 is 8.42 Å². The number of nitrogens with zero attached hydrogens (tertiary/aromatic N) is 2. The van der Waals surface area contributed by atoms with E-state index < -0.39 is 10.2 Å². The molecule has 0 radical (unpaired) electrons. The highest BCUT2D eigenvalue weighted by molar-refractivity contribution is 7.86. The summed E-state index contributed by atoms with van der Waals surface area (Å²) in [7, 11) is -1.86. The molecule has 0 saturated carbocycles. The fourth-order valence-electron chi connectivity index (χ4n) is 2.79. The molecule has 0 atom stereocenters. The number of fused-ring (bicyclic) bond motifs is 1. The second kappa shape index (κ2) is 6.61. The Morgan fingerprint density at radius 3 is 2.43 bits per heavy atom. The maximum atomic E-state index is 12.8. The van der Waals surface area contributed by atoms with Crippen molar-refractivity contribution in [3.63, 3.8) is 0 Å². The third-order valence-electron chi connectivity index (χ3n) is 4.13. The Morgan fingerprint density at radius 1 is 1.09 bits per heavy atom. The van der Waals surface area contributed by atoms with Crippen LogP contribution in [0.3, 0.4) is 0 Å². The molecule has 0 saturated heterocycles. The molecular formula is C17H19ClN2O2S. The molecule has 1 aliphatic rings. The van der Waals surface area contributed by atoms with Crippen LogP contribution in [-0.4, -0.2) is 30.6 Å². The van der Waals surface area contributed by atoms with Gasteiger partial charge in [-0.2, -0.15) is 17.0 Å². The zero-order valence-corrected chi connectivity index (χ0v) is 14.5. The Kier molecular flexibility index (Phi) is 4.73. The van der Waals surface area contributed by atoms with Crippen molar-refractivity contribution in [1.82, 2.24) is 8.61 Å². The van der Waals surface area contributed by atoms with Crippen LogP contribution in [0.5, 0.6) is 0 Å². The molecule has 0 aromatic heterocycles. The number of hydrogen-bond donors (Lipinski definition) is 0. The van der Waals surface area contributed by atoms with Gasteiger partial charge >= 0.3 is 0 Å². The predicted molar refractivity (Wildman–Crippen MR) is 92.4 cm³/mol. The van der Waals surface area contributed by atoms with Crippen LogP contribution in [0, 0.1) is 0 Å². The number of rotatable bonds is 4. The third-order valence-corrected chi connectivity index (χ3v) is 6.27. The van der Waals surface area contributed by atoms with Gasteiger partial charge in [0.1, 0.15) is 0 Å². The summed E-state index contributed by atoms with van der Waals surface area (Å²) < 4.78 is 28.5. The predicted octanol–water partition coefficient (Wildman–Crippen LogP) is 3.07. The zero-order chi connectivity index (χ0) is 16.4. The van der Waals surface area contributed by atoms with E-state index in [0.717, 1.165) is 17.5 Å². The molecule has 6 heteroatoms. The van der Waals surface area contributed by atoms with E-state index in [-0.39, 0.29) is 0 Å². The van der Waals surface area contributed by atoms with E-state index in [1.54, 1.807) is 23.5 Å². The van der Waals surface area contributed by atoms with Gasteiger partial charge in [0.05, 0.1) is 0 Å². The van der Waals surface area contributed by atoms with E-state index in [0.29, 0.717) is 24.7 Å². The second-order valence-electron chi connectivity index (χ2n) is 5.74. The molecule has 0 aliphatic carbocycles. The quantitative estimate of drug-likeness (QED) is 0.850. The maximum Gasteiger partial charge on any atom is 0.282 e. The first-order chi connectivity index (χ1) is 11.0. The molecule has 0 fully saturated rings. The monoisotopic (exact) mass is 350 g/mol. The van der Waals surface area contributed by atoms with Crippen molar-refractivity contribution in [1.29, 1.82) is 0 Å². The highest BCUT2D eigenvalue weighted by Crippen LogP contribution is 2.23. The van der Waals surface area contributed by atoms with Gasteiger partial charge < -0.3 is 0 Å². The van der Waals surface area contributed by atoms with E-state index in [1.807, 2.05) is 30.3 Å². The maximum absolute atomic E-state index is 12.8. The standard InChI is InChI=1S/C17H19ClN2O2S/c1-19(12-14-6-8-17(18)9-7-14)23(21,22)20-11-10-15-4-2-3-5-16(15)13-20/h2-9H,10-13H2,1H3. The van der Waals surface area contributed by atoms with Gasteiger partial charge in [0.15, 0.2) is 0 Å². The molecule has 2 aromatic carbocycles. The first-order valence-electron chi connectivity index (χ1n) is 7.49. The van der Waals surface area contributed by atoms with Crippen LogP contribution in [-0.2, 0) is 29.7 Å². The van der Waals surface area contributed by atoms with Gasteiger partial charge in [-0.25, -0.2) is 0 Å². The largest absolute Gasteiger partial charge is 0.282 e. The highest BCUT2D eigenvalue weighted by atomic mass is 35.5. The minimum Gasteiger partial charge on any atom is -0.195 e. The van der Waals surface area contributed by atoms with Crippen LogP contribution < -0.4 is 0 Å². The third kappa shape index (κ3) is 3.58. The molecule has 0 spiro atoms. The fraction of sp³-hybridized carbons (Fsp3) is 0.294. The minimum atomic E-state index is -3.48. The van der Waals surface area contributed by atoms with E-state index >= 15 is 0 Å². The molecule has 0 unspecified atom stereocenters. The number of benzene rings is 2. The topological polar surface area (TPSA) is 40.6 Å². The average Bonchev–Trinajstić information content (AvgIpc) is 2.56. The van der Waals surface area contributed by atoms with Gasteiger partial charge in [0, 0.05) is 31.7 Å². The molecular weight excluding hydrogens is 332 g/mol. The summed E-state index contributed by atoms with van der Waals surface area (Å²) in [6.45, 7) is 1.28. The molecule has 23 heavy (non-hydrogen) atoms. The van der Waals surface area contributed by atoms with Crippen molar-refractivity contribution >= 4 is 21.8 Å². The number of halogens is 1. The SMILES string of the molecule is CN(Cc1ccc(Cl)cc1)S(=O)(=O)N1CCc2ccccc2C1. The molecule has 1 aliphatic heterocycles. The van der Waals surface area contributed by atoms with Gasteiger partial charge in [-0.15, -0.1) is 0 Å². The van der Waals surface area contributed by atoms with Gasteiger partial charge in [0.2, 0.25) is 0 Å². The first kappa shape index (κ1) is 16.5. The molecule has 3 rings (SSSR count). The Balaban J connectivity index is 1.75. The van der Waals surface area contributed by atoms with E-state index in [2.05, 4.69) is 6.07 Å². The van der Waals surface area contributed by atoms with Crippen molar-refractivity contribution in [3.8, 4) is 0 Å². The van der Waals surface area contributed by atoms with Crippen LogP contribution in [0.15, 0.2) is 48.5 Å². The van der Waals surface area contributed by atoms with Gasteiger partial charge in [-0.1, -0.05) is 48.0 Å². The van der Waals surface area contributed by atoms with Crippen LogP contribution in [0.1, 0.15) is 16.7 Å². The summed E-state index contributed by atoms with van der Waals surface area (Å²) in [4.78, 5) is 0. The lowest BCUT2D eigenvalue weighted by Crippen LogP contribution is -2.43. The van der Waals surface area contributed by atoms with Crippen LogP contribution in [0.25, 0.3) is 0 Å². The smallest absolute Gasteiger partial charge is 0.195 e. The Bertz CT molecular complexity index is 790. The summed E-state index contributed by atoms with van der Waals surface area (Å²) >= 11 is 5.87. The van der Waals surface area contributed by atoms with Crippen LogP contribution >= 0.6 is 11.6 Å². The van der Waals surface area contributed by atoms with Crippen LogP contribution in [0.2, 0.25) is 5.02 Å². The van der Waals surface area contributed by atoms with Crippen molar-refractivity contribution in [2.75, 3.05) is 13.6 Å². The lowest BCUT2D eigenvalue weighted by molar-refractivity contribution is 0.342. The summed E-state index contributed by atoms with van der Waals surface area (Å²) in [5.41, 5.74) is 3.24. The molecule has 122 valence electrons. The lowest BCUT2D eigenvalue weighted by Gasteiger charge is -2.31.